The first-order valence-electron chi connectivity index (χ1n) is 7.39. The van der Waals surface area contributed by atoms with Gasteiger partial charge in [-0.25, -0.2) is 0 Å². The van der Waals surface area contributed by atoms with Crippen molar-refractivity contribution in [2.24, 2.45) is 0 Å². The lowest BCUT2D eigenvalue weighted by atomic mass is 10.1. The third-order valence-corrected chi connectivity index (χ3v) is 3.62. The van der Waals surface area contributed by atoms with Gasteiger partial charge in [-0.15, -0.1) is 0 Å². The van der Waals surface area contributed by atoms with Crippen LogP contribution in [0.3, 0.4) is 0 Å². The molecule has 1 saturated heterocycles. The second kappa shape index (κ2) is 6.75. The largest absolute Gasteiger partial charge is 0.494 e. The van der Waals surface area contributed by atoms with Crippen LogP contribution in [0.4, 0.5) is 0 Å². The molecule has 0 spiro atoms. The molecule has 1 aromatic rings. The van der Waals surface area contributed by atoms with Crippen LogP contribution < -0.4 is 10.1 Å². The molecule has 110 valence electrons. The normalized spacial score (nSPS) is 22.6. The monoisotopic (exact) mass is 276 g/mol. The number of carbonyl (C=O) groups excluding carboxylic acids is 1. The van der Waals surface area contributed by atoms with Gasteiger partial charge in [-0.05, 0) is 38.5 Å². The fraction of sp³-hybridized carbons (Fsp3) is 0.562. The fourth-order valence-electron chi connectivity index (χ4n) is 2.62. The van der Waals surface area contributed by atoms with E-state index >= 15 is 0 Å². The molecule has 1 aromatic carbocycles. The fourth-order valence-corrected chi connectivity index (χ4v) is 2.62. The summed E-state index contributed by atoms with van der Waals surface area (Å²) in [6.45, 7) is 8.61. The number of nitrogens with one attached hydrogen (secondary N) is 1. The van der Waals surface area contributed by atoms with Gasteiger partial charge in [-0.3, -0.25) is 4.79 Å². The summed E-state index contributed by atoms with van der Waals surface area (Å²) >= 11 is 0. The Bertz CT molecular complexity index is 452. The van der Waals surface area contributed by atoms with E-state index in [0.29, 0.717) is 12.2 Å². The van der Waals surface area contributed by atoms with E-state index in [0.717, 1.165) is 25.3 Å². The van der Waals surface area contributed by atoms with Crippen LogP contribution in [-0.2, 0) is 0 Å². The van der Waals surface area contributed by atoms with E-state index < -0.39 is 0 Å². The first-order chi connectivity index (χ1) is 9.63. The minimum Gasteiger partial charge on any atom is -0.494 e. The number of nitrogens with zero attached hydrogens (tertiary/aromatic N) is 1. The molecular weight excluding hydrogens is 252 g/mol. The zero-order chi connectivity index (χ0) is 14.5. The Kier molecular flexibility index (Phi) is 5.01. The maximum absolute atomic E-state index is 12.7. The van der Waals surface area contributed by atoms with Crippen LogP contribution in [0.25, 0.3) is 0 Å². The maximum atomic E-state index is 12.7. The Morgan fingerprint density at radius 3 is 2.70 bits per heavy atom. The van der Waals surface area contributed by atoms with Crippen LogP contribution in [0.1, 0.15) is 37.6 Å². The Morgan fingerprint density at radius 2 is 2.05 bits per heavy atom. The lowest BCUT2D eigenvalue weighted by Crippen LogP contribution is -2.57. The molecule has 2 unspecified atom stereocenters. The molecule has 4 nitrogen and oxygen atoms in total. The third-order valence-electron chi connectivity index (χ3n) is 3.62. The highest BCUT2D eigenvalue weighted by Gasteiger charge is 2.29. The number of amides is 1. The van der Waals surface area contributed by atoms with Crippen molar-refractivity contribution < 1.29 is 9.53 Å². The smallest absolute Gasteiger partial charge is 0.254 e. The second-order valence-corrected chi connectivity index (χ2v) is 5.45. The van der Waals surface area contributed by atoms with Gasteiger partial charge in [0.05, 0.1) is 6.61 Å². The van der Waals surface area contributed by atoms with Gasteiger partial charge in [-0.2, -0.15) is 0 Å². The zero-order valence-electron chi connectivity index (χ0n) is 12.6. The number of hydrogen-bond acceptors (Lipinski definition) is 3. The number of ether oxygens (including phenoxy) is 1. The van der Waals surface area contributed by atoms with Crippen LogP contribution in [0.15, 0.2) is 24.3 Å². The second-order valence-electron chi connectivity index (χ2n) is 5.45. The van der Waals surface area contributed by atoms with Gasteiger partial charge < -0.3 is 15.0 Å². The van der Waals surface area contributed by atoms with E-state index in [1.54, 1.807) is 0 Å². The van der Waals surface area contributed by atoms with E-state index in [1.807, 2.05) is 29.2 Å². The highest BCUT2D eigenvalue weighted by atomic mass is 16.5. The number of carbonyl (C=O) groups is 1. The van der Waals surface area contributed by atoms with E-state index in [-0.39, 0.29) is 18.0 Å². The molecule has 1 N–H and O–H groups in total. The quantitative estimate of drug-likeness (QED) is 0.917. The molecule has 1 heterocycles. The van der Waals surface area contributed by atoms with Crippen molar-refractivity contribution in [3.63, 3.8) is 0 Å². The highest BCUT2D eigenvalue weighted by molar-refractivity contribution is 5.95. The van der Waals surface area contributed by atoms with E-state index in [9.17, 15) is 4.79 Å². The number of hydrogen-bond donors (Lipinski definition) is 1. The lowest BCUT2D eigenvalue weighted by Gasteiger charge is -2.39. The van der Waals surface area contributed by atoms with Crippen molar-refractivity contribution in [1.29, 1.82) is 0 Å². The number of piperazine rings is 1. The van der Waals surface area contributed by atoms with Crippen LogP contribution in [0.2, 0.25) is 0 Å². The molecule has 2 atom stereocenters. The van der Waals surface area contributed by atoms with Crippen molar-refractivity contribution >= 4 is 5.91 Å². The van der Waals surface area contributed by atoms with Gasteiger partial charge in [0.1, 0.15) is 5.75 Å². The van der Waals surface area contributed by atoms with Crippen LogP contribution in [-0.4, -0.2) is 42.6 Å². The van der Waals surface area contributed by atoms with Gasteiger partial charge in [0.15, 0.2) is 0 Å². The minimum absolute atomic E-state index is 0.0912. The molecular formula is C16H24N2O2. The Balaban J connectivity index is 2.15. The average Bonchev–Trinajstić information content (AvgIpc) is 2.45. The first kappa shape index (κ1) is 14.9. The molecule has 0 aliphatic carbocycles. The molecule has 20 heavy (non-hydrogen) atoms. The van der Waals surface area contributed by atoms with E-state index in [1.165, 1.54) is 0 Å². The maximum Gasteiger partial charge on any atom is 0.254 e. The Hall–Kier alpha value is -1.55. The summed E-state index contributed by atoms with van der Waals surface area (Å²) in [6.07, 6.45) is 0.962. The van der Waals surface area contributed by atoms with Crippen LogP contribution >= 0.6 is 0 Å². The number of rotatable bonds is 4. The molecule has 1 aliphatic heterocycles. The summed E-state index contributed by atoms with van der Waals surface area (Å²) in [6, 6.07) is 7.92. The summed E-state index contributed by atoms with van der Waals surface area (Å²) in [5.74, 6) is 0.863. The molecule has 2 rings (SSSR count). The summed E-state index contributed by atoms with van der Waals surface area (Å²) in [4.78, 5) is 14.7. The van der Waals surface area contributed by atoms with E-state index in [2.05, 4.69) is 26.1 Å². The van der Waals surface area contributed by atoms with Crippen LogP contribution in [0.5, 0.6) is 5.75 Å². The lowest BCUT2D eigenvalue weighted by molar-refractivity contribution is 0.0544. The SMILES string of the molecule is CCCOc1cccc(C(=O)N2C(C)CNCC2C)c1. The zero-order valence-corrected chi connectivity index (χ0v) is 12.6. The molecule has 0 bridgehead atoms. The molecule has 4 heteroatoms. The average molecular weight is 276 g/mol. The molecule has 0 aromatic heterocycles. The van der Waals surface area contributed by atoms with Gasteiger partial charge in [-0.1, -0.05) is 13.0 Å². The van der Waals surface area contributed by atoms with Gasteiger partial charge in [0.2, 0.25) is 0 Å². The molecule has 0 radical (unpaired) electrons. The van der Waals surface area contributed by atoms with Gasteiger partial charge in [0, 0.05) is 30.7 Å². The van der Waals surface area contributed by atoms with Crippen molar-refractivity contribution in [2.75, 3.05) is 19.7 Å². The molecule has 1 aliphatic rings. The summed E-state index contributed by atoms with van der Waals surface area (Å²) in [7, 11) is 0. The predicted octanol–water partition coefficient (Wildman–Crippen LogP) is 2.30. The Labute approximate surface area is 121 Å². The first-order valence-corrected chi connectivity index (χ1v) is 7.39. The predicted molar refractivity (Wildman–Crippen MR) is 80.2 cm³/mol. The summed E-state index contributed by atoms with van der Waals surface area (Å²) in [5, 5.41) is 3.34. The molecule has 1 amide bonds. The minimum atomic E-state index is 0.0912. The van der Waals surface area contributed by atoms with Crippen molar-refractivity contribution in [2.45, 2.75) is 39.3 Å². The van der Waals surface area contributed by atoms with Crippen LogP contribution in [0, 0.1) is 0 Å². The molecule has 1 fully saturated rings. The standard InChI is InChI=1S/C16H24N2O2/c1-4-8-20-15-7-5-6-14(9-15)16(19)18-12(2)10-17-11-13(18)3/h5-7,9,12-13,17H,4,8,10-11H2,1-3H3. The Morgan fingerprint density at radius 1 is 1.35 bits per heavy atom. The van der Waals surface area contributed by atoms with Crippen molar-refractivity contribution in [3.05, 3.63) is 29.8 Å². The summed E-state index contributed by atoms with van der Waals surface area (Å²) < 4.78 is 5.60. The van der Waals surface area contributed by atoms with Crippen molar-refractivity contribution in [3.8, 4) is 5.75 Å². The van der Waals surface area contributed by atoms with Gasteiger partial charge in [0.25, 0.3) is 5.91 Å². The topological polar surface area (TPSA) is 41.6 Å². The van der Waals surface area contributed by atoms with E-state index in [4.69, 9.17) is 4.74 Å². The van der Waals surface area contributed by atoms with Crippen molar-refractivity contribution in [1.82, 2.24) is 10.2 Å². The molecule has 0 saturated carbocycles. The third kappa shape index (κ3) is 3.31. The van der Waals surface area contributed by atoms with Gasteiger partial charge >= 0.3 is 0 Å². The number of benzene rings is 1. The summed E-state index contributed by atoms with van der Waals surface area (Å²) in [5.41, 5.74) is 0.708. The highest BCUT2D eigenvalue weighted by Crippen LogP contribution is 2.19.